The Bertz CT molecular complexity index is 865. The van der Waals surface area contributed by atoms with Gasteiger partial charge in [0.15, 0.2) is 6.10 Å². The summed E-state index contributed by atoms with van der Waals surface area (Å²) in [7, 11) is 1.18. The monoisotopic (exact) mass is 762 g/mol. The predicted molar refractivity (Wildman–Crippen MR) is 213 cm³/mol. The van der Waals surface area contributed by atoms with Gasteiger partial charge < -0.3 is 27.9 Å². The minimum absolute atomic E-state index is 0.0259. The van der Waals surface area contributed by atoms with Crippen LogP contribution in [0.25, 0.3) is 0 Å². The molecule has 0 bridgehead atoms. The Morgan fingerprint density at radius 3 is 1.23 bits per heavy atom. The lowest BCUT2D eigenvalue weighted by molar-refractivity contribution is -0.870. The molecule has 0 N–H and O–H groups in total. The number of hydrogen-bond donors (Lipinski definition) is 0. The molecule has 0 amide bonds. The van der Waals surface area contributed by atoms with Crippen molar-refractivity contribution in [1.82, 2.24) is 0 Å². The molecule has 2 atom stereocenters. The average Bonchev–Trinajstić information content (AvgIpc) is 3.09. The summed E-state index contributed by atoms with van der Waals surface area (Å²) >= 11 is 0. The molecule has 0 aromatic heterocycles. The van der Waals surface area contributed by atoms with Crippen LogP contribution in [0.3, 0.4) is 0 Å². The Morgan fingerprint density at radius 1 is 0.519 bits per heavy atom. The summed E-state index contributed by atoms with van der Waals surface area (Å²) in [6, 6.07) is 0. The van der Waals surface area contributed by atoms with Crippen LogP contribution >= 0.6 is 7.82 Å². The Hall–Kier alpha value is -0.990. The van der Waals surface area contributed by atoms with Crippen molar-refractivity contribution < 1.29 is 42.1 Å². The third kappa shape index (κ3) is 38.7. The fraction of sp³-hybridized carbons (Fsp3) is 0.952. The molecule has 0 spiro atoms. The van der Waals surface area contributed by atoms with E-state index in [2.05, 4.69) is 13.8 Å². The fourth-order valence-electron chi connectivity index (χ4n) is 6.18. The molecule has 0 aromatic carbocycles. The van der Waals surface area contributed by atoms with Crippen molar-refractivity contribution in [3.63, 3.8) is 0 Å². The molecule has 10 heteroatoms. The molecule has 9 nitrogen and oxygen atoms in total. The van der Waals surface area contributed by atoms with Crippen LogP contribution in [-0.4, -0.2) is 70.0 Å². The number of quaternary nitrogens is 1. The zero-order valence-electron chi connectivity index (χ0n) is 34.8. The smallest absolute Gasteiger partial charge is 0.306 e. The molecule has 0 radical (unpaired) electrons. The number of phosphoric ester groups is 1. The number of hydrogen-bond acceptors (Lipinski definition) is 8. The maximum Gasteiger partial charge on any atom is 0.306 e. The number of carbonyl (C=O) groups is 2. The van der Waals surface area contributed by atoms with Gasteiger partial charge in [0, 0.05) is 12.8 Å². The SMILES string of the molecule is CCCCCCCCCCCCCCCCCCCCC(=O)O[C@H](COC(=O)CCCCCCCCCCCC)COP(=O)([O-])OCC[N+](C)(C)C. The van der Waals surface area contributed by atoms with E-state index in [0.717, 1.165) is 32.1 Å². The highest BCUT2D eigenvalue weighted by Gasteiger charge is 2.21. The Balaban J connectivity index is 4.27. The molecule has 0 aliphatic heterocycles. The topological polar surface area (TPSA) is 111 Å². The summed E-state index contributed by atoms with van der Waals surface area (Å²) in [4.78, 5) is 37.4. The molecule has 0 fully saturated rings. The first kappa shape index (κ1) is 51.0. The van der Waals surface area contributed by atoms with E-state index in [1.165, 1.54) is 141 Å². The molecule has 0 saturated heterocycles. The third-order valence-electron chi connectivity index (χ3n) is 9.63. The third-order valence-corrected chi connectivity index (χ3v) is 10.6. The van der Waals surface area contributed by atoms with Gasteiger partial charge in [0.25, 0.3) is 7.82 Å². The maximum absolute atomic E-state index is 12.6. The molecule has 0 aromatic rings. The van der Waals surface area contributed by atoms with E-state index in [9.17, 15) is 19.0 Å². The summed E-state index contributed by atoms with van der Waals surface area (Å²) in [5.41, 5.74) is 0. The first-order valence-electron chi connectivity index (χ1n) is 21.7. The van der Waals surface area contributed by atoms with Crippen LogP contribution in [0.2, 0.25) is 0 Å². The number of phosphoric acid groups is 1. The van der Waals surface area contributed by atoms with Gasteiger partial charge in [-0.15, -0.1) is 0 Å². The standard InChI is InChI=1S/C42H84NO8P/c1-6-8-10-12-14-16-18-19-20-21-22-23-24-25-27-29-31-33-35-42(45)51-40(39-50-52(46,47)49-37-36-43(3,4)5)38-48-41(44)34-32-30-28-26-17-15-13-11-9-7-2/h40H,6-39H2,1-5H3/t40-/m1/s1. The van der Waals surface area contributed by atoms with Crippen LogP contribution in [-0.2, 0) is 32.7 Å². The van der Waals surface area contributed by atoms with E-state index >= 15 is 0 Å². The normalized spacial score (nSPS) is 13.6. The predicted octanol–water partition coefficient (Wildman–Crippen LogP) is 11.4. The lowest BCUT2D eigenvalue weighted by atomic mass is 10.0. The second-order valence-corrected chi connectivity index (χ2v) is 17.5. The first-order chi connectivity index (χ1) is 25.0. The molecule has 0 heterocycles. The highest BCUT2D eigenvalue weighted by Crippen LogP contribution is 2.38. The number of esters is 2. The van der Waals surface area contributed by atoms with Crippen molar-refractivity contribution in [2.75, 3.05) is 47.5 Å². The molecule has 52 heavy (non-hydrogen) atoms. The lowest BCUT2D eigenvalue weighted by Gasteiger charge is -2.28. The summed E-state index contributed by atoms with van der Waals surface area (Å²) in [5.74, 6) is -0.823. The van der Waals surface area contributed by atoms with E-state index in [1.54, 1.807) is 0 Å². The molecule has 0 aliphatic carbocycles. The van der Waals surface area contributed by atoms with Gasteiger partial charge in [-0.05, 0) is 12.8 Å². The summed E-state index contributed by atoms with van der Waals surface area (Å²) in [6.45, 7) is 4.24. The highest BCUT2D eigenvalue weighted by atomic mass is 31.2. The van der Waals surface area contributed by atoms with Crippen LogP contribution in [0.5, 0.6) is 0 Å². The Kier molecular flexibility index (Phi) is 35.0. The van der Waals surface area contributed by atoms with Gasteiger partial charge in [-0.3, -0.25) is 14.2 Å². The van der Waals surface area contributed by atoms with Gasteiger partial charge in [-0.1, -0.05) is 181 Å². The van der Waals surface area contributed by atoms with Crippen molar-refractivity contribution in [1.29, 1.82) is 0 Å². The van der Waals surface area contributed by atoms with Gasteiger partial charge in [0.05, 0.1) is 27.7 Å². The van der Waals surface area contributed by atoms with Crippen molar-refractivity contribution in [3.8, 4) is 0 Å². The molecule has 1 unspecified atom stereocenters. The van der Waals surface area contributed by atoms with Crippen LogP contribution in [0.4, 0.5) is 0 Å². The molecule has 0 saturated carbocycles. The number of likely N-dealkylation sites (N-methyl/N-ethyl adjacent to an activating group) is 1. The van der Waals surface area contributed by atoms with Gasteiger partial charge in [-0.2, -0.15) is 0 Å². The van der Waals surface area contributed by atoms with E-state index < -0.39 is 26.5 Å². The summed E-state index contributed by atoms with van der Waals surface area (Å²) < 4.78 is 33.8. The molecule has 0 rings (SSSR count). The van der Waals surface area contributed by atoms with Crippen LogP contribution < -0.4 is 4.89 Å². The molecular formula is C42H84NO8P. The zero-order valence-corrected chi connectivity index (χ0v) is 35.7. The van der Waals surface area contributed by atoms with Gasteiger partial charge >= 0.3 is 11.9 Å². The van der Waals surface area contributed by atoms with Crippen LogP contribution in [0, 0.1) is 0 Å². The summed E-state index contributed by atoms with van der Waals surface area (Å²) in [5, 5.41) is 0. The number of unbranched alkanes of at least 4 members (excludes halogenated alkanes) is 26. The van der Waals surface area contributed by atoms with E-state index in [1.807, 2.05) is 21.1 Å². The summed E-state index contributed by atoms with van der Waals surface area (Å²) in [6.07, 6.45) is 34.1. The largest absolute Gasteiger partial charge is 0.756 e. The Labute approximate surface area is 321 Å². The maximum atomic E-state index is 12.6. The second kappa shape index (κ2) is 35.7. The quantitative estimate of drug-likeness (QED) is 0.0263. The van der Waals surface area contributed by atoms with Crippen LogP contribution in [0.1, 0.15) is 206 Å². The number of rotatable bonds is 40. The Morgan fingerprint density at radius 2 is 0.865 bits per heavy atom. The van der Waals surface area contributed by atoms with Crippen LogP contribution in [0.15, 0.2) is 0 Å². The molecule has 310 valence electrons. The van der Waals surface area contributed by atoms with Crippen molar-refractivity contribution >= 4 is 19.8 Å². The van der Waals surface area contributed by atoms with Gasteiger partial charge in [0.1, 0.15) is 19.8 Å². The highest BCUT2D eigenvalue weighted by molar-refractivity contribution is 7.45. The van der Waals surface area contributed by atoms with Crippen molar-refractivity contribution in [3.05, 3.63) is 0 Å². The number of ether oxygens (including phenoxy) is 2. The van der Waals surface area contributed by atoms with Crippen molar-refractivity contribution in [2.45, 2.75) is 213 Å². The van der Waals surface area contributed by atoms with E-state index in [0.29, 0.717) is 17.4 Å². The fourth-order valence-corrected chi connectivity index (χ4v) is 6.91. The minimum Gasteiger partial charge on any atom is -0.756 e. The zero-order chi connectivity index (χ0) is 38.6. The molecular weight excluding hydrogens is 677 g/mol. The van der Waals surface area contributed by atoms with Gasteiger partial charge in [-0.25, -0.2) is 0 Å². The van der Waals surface area contributed by atoms with Gasteiger partial charge in [0.2, 0.25) is 0 Å². The van der Waals surface area contributed by atoms with E-state index in [-0.39, 0.29) is 32.0 Å². The first-order valence-corrected chi connectivity index (χ1v) is 23.2. The van der Waals surface area contributed by atoms with E-state index in [4.69, 9.17) is 18.5 Å². The molecule has 0 aliphatic rings. The average molecular weight is 762 g/mol. The minimum atomic E-state index is -4.61. The van der Waals surface area contributed by atoms with Crippen molar-refractivity contribution in [2.24, 2.45) is 0 Å². The number of nitrogens with zero attached hydrogens (tertiary/aromatic N) is 1. The second-order valence-electron chi connectivity index (χ2n) is 16.1. The lowest BCUT2D eigenvalue weighted by Crippen LogP contribution is -2.37. The number of carbonyl (C=O) groups excluding carboxylic acids is 2.